The van der Waals surface area contributed by atoms with Crippen molar-refractivity contribution in [1.82, 2.24) is 0 Å². The first-order valence-electron chi connectivity index (χ1n) is 8.66. The summed E-state index contributed by atoms with van der Waals surface area (Å²) in [6.07, 6.45) is 4.36. The van der Waals surface area contributed by atoms with Crippen molar-refractivity contribution in [3.8, 4) is 0 Å². The van der Waals surface area contributed by atoms with Crippen molar-refractivity contribution in [3.05, 3.63) is 42.2 Å². The summed E-state index contributed by atoms with van der Waals surface area (Å²) in [7, 11) is -5.48. The molecule has 0 saturated heterocycles. The molecule has 4 nitrogen and oxygen atoms in total. The van der Waals surface area contributed by atoms with E-state index in [1.54, 1.807) is 30.5 Å². The third-order valence-electron chi connectivity index (χ3n) is 4.70. The van der Waals surface area contributed by atoms with Crippen LogP contribution >= 0.6 is 0 Å². The smallest absolute Gasteiger partial charge is 0.296 e. The summed E-state index contributed by atoms with van der Waals surface area (Å²) >= 11 is 0. The molecule has 1 aromatic rings. The molecule has 0 N–H and O–H groups in total. The van der Waals surface area contributed by atoms with Gasteiger partial charge in [0.1, 0.15) is 0 Å². The van der Waals surface area contributed by atoms with Crippen molar-refractivity contribution in [2.45, 2.75) is 64.1 Å². The van der Waals surface area contributed by atoms with E-state index in [9.17, 15) is 8.42 Å². The van der Waals surface area contributed by atoms with E-state index in [1.165, 1.54) is 0 Å². The van der Waals surface area contributed by atoms with Gasteiger partial charge in [-0.1, -0.05) is 45.4 Å². The van der Waals surface area contributed by atoms with Crippen molar-refractivity contribution in [2.75, 3.05) is 6.61 Å². The molecule has 0 bridgehead atoms. The van der Waals surface area contributed by atoms with Crippen LogP contribution in [-0.4, -0.2) is 23.3 Å². The molecule has 0 aliphatic rings. The average Bonchev–Trinajstić information content (AvgIpc) is 2.46. The fourth-order valence-corrected chi connectivity index (χ4v) is 3.43. The Morgan fingerprint density at radius 3 is 2.24 bits per heavy atom. The summed E-state index contributed by atoms with van der Waals surface area (Å²) in [5, 5.41) is 0.159. The molecule has 0 radical (unpaired) electrons. The second kappa shape index (κ2) is 8.51. The summed E-state index contributed by atoms with van der Waals surface area (Å²) in [5.41, 5.74) is 1.01. The second-order valence-electron chi connectivity index (χ2n) is 8.06. The van der Waals surface area contributed by atoms with Crippen LogP contribution < -0.4 is 0 Å². The Balaban J connectivity index is 2.48. The summed E-state index contributed by atoms with van der Waals surface area (Å²) in [6, 6.07) is 6.67. The SMILES string of the molecule is Cc1ccc(S(=O)(=O)OCCC(C)/C=C\O[Si](C)(C)C(C)(C)C)cc1. The number of hydrogen-bond acceptors (Lipinski definition) is 4. The fraction of sp³-hybridized carbons (Fsp3) is 0.579. The molecule has 1 unspecified atom stereocenters. The minimum absolute atomic E-state index is 0.155. The molecule has 1 rings (SSSR count). The zero-order valence-corrected chi connectivity index (χ0v) is 18.3. The van der Waals surface area contributed by atoms with Gasteiger partial charge in [0.25, 0.3) is 10.1 Å². The van der Waals surface area contributed by atoms with E-state index in [-0.39, 0.29) is 22.5 Å². The monoisotopic (exact) mass is 384 g/mol. The quantitative estimate of drug-likeness (QED) is 0.348. The van der Waals surface area contributed by atoms with Crippen LogP contribution in [0.1, 0.15) is 39.7 Å². The van der Waals surface area contributed by atoms with Crippen molar-refractivity contribution < 1.29 is 17.0 Å². The Morgan fingerprint density at radius 2 is 1.72 bits per heavy atom. The molecule has 0 amide bonds. The maximum absolute atomic E-state index is 12.1. The first-order valence-corrected chi connectivity index (χ1v) is 13.0. The normalized spacial score (nSPS) is 14.7. The van der Waals surface area contributed by atoms with Crippen LogP contribution in [-0.2, 0) is 18.7 Å². The van der Waals surface area contributed by atoms with Gasteiger partial charge in [-0.25, -0.2) is 0 Å². The third-order valence-corrected chi connectivity index (χ3v) is 10.4. The molecule has 25 heavy (non-hydrogen) atoms. The summed E-state index contributed by atoms with van der Waals surface area (Å²) in [5.74, 6) is 0.179. The second-order valence-corrected chi connectivity index (χ2v) is 14.4. The van der Waals surface area contributed by atoms with Crippen LogP contribution in [0.4, 0.5) is 0 Å². The number of benzene rings is 1. The Bertz CT molecular complexity index is 670. The lowest BCUT2D eigenvalue weighted by atomic mass is 10.1. The number of aryl methyl sites for hydroxylation is 1. The van der Waals surface area contributed by atoms with Gasteiger partial charge in [-0.2, -0.15) is 8.42 Å². The Morgan fingerprint density at radius 1 is 1.16 bits per heavy atom. The Kier molecular flexibility index (Phi) is 7.47. The molecule has 6 heteroatoms. The Hall–Kier alpha value is -1.11. The third kappa shape index (κ3) is 6.96. The van der Waals surface area contributed by atoms with Crippen LogP contribution in [0, 0.1) is 12.8 Å². The minimum Gasteiger partial charge on any atom is -0.549 e. The number of hydrogen-bond donors (Lipinski definition) is 0. The molecule has 0 spiro atoms. The zero-order chi connectivity index (χ0) is 19.3. The molecule has 142 valence electrons. The average molecular weight is 385 g/mol. The predicted octanol–water partition coefficient (Wildman–Crippen LogP) is 5.26. The van der Waals surface area contributed by atoms with Gasteiger partial charge >= 0.3 is 0 Å². The van der Waals surface area contributed by atoms with Gasteiger partial charge in [-0.05, 0) is 55.6 Å². The van der Waals surface area contributed by atoms with Crippen molar-refractivity contribution in [2.24, 2.45) is 5.92 Å². The van der Waals surface area contributed by atoms with Crippen LogP contribution in [0.15, 0.2) is 41.5 Å². The maximum atomic E-state index is 12.1. The number of rotatable bonds is 8. The molecular formula is C19H32O4SSi. The number of allylic oxidation sites excluding steroid dienone is 1. The van der Waals surface area contributed by atoms with Gasteiger partial charge in [0.05, 0.1) is 17.8 Å². The predicted molar refractivity (Wildman–Crippen MR) is 106 cm³/mol. The highest BCUT2D eigenvalue weighted by molar-refractivity contribution is 7.86. The first-order chi connectivity index (χ1) is 11.3. The lowest BCUT2D eigenvalue weighted by Crippen LogP contribution is -2.39. The lowest BCUT2D eigenvalue weighted by Gasteiger charge is -2.35. The van der Waals surface area contributed by atoms with E-state index in [1.807, 2.05) is 19.9 Å². The van der Waals surface area contributed by atoms with E-state index in [2.05, 4.69) is 33.9 Å². The van der Waals surface area contributed by atoms with Gasteiger partial charge in [0.2, 0.25) is 8.32 Å². The van der Waals surface area contributed by atoms with E-state index in [0.29, 0.717) is 6.42 Å². The molecule has 0 fully saturated rings. The molecule has 0 aliphatic carbocycles. The van der Waals surface area contributed by atoms with E-state index in [4.69, 9.17) is 8.61 Å². The molecule has 0 saturated carbocycles. The summed E-state index contributed by atoms with van der Waals surface area (Å²) in [4.78, 5) is 0.197. The summed E-state index contributed by atoms with van der Waals surface area (Å²) < 4.78 is 35.4. The van der Waals surface area contributed by atoms with E-state index < -0.39 is 18.4 Å². The topological polar surface area (TPSA) is 52.6 Å². The highest BCUT2D eigenvalue weighted by atomic mass is 32.2. The van der Waals surface area contributed by atoms with E-state index >= 15 is 0 Å². The van der Waals surface area contributed by atoms with Gasteiger partial charge in [-0.3, -0.25) is 4.18 Å². The van der Waals surface area contributed by atoms with Crippen LogP contribution in [0.2, 0.25) is 18.1 Å². The van der Waals surface area contributed by atoms with Crippen molar-refractivity contribution in [3.63, 3.8) is 0 Å². The van der Waals surface area contributed by atoms with Gasteiger partial charge in [0.15, 0.2) is 0 Å². The standard InChI is InChI=1S/C19H32O4SSi/c1-16-8-10-18(11-9-16)24(20,21)22-14-12-17(2)13-15-23-25(6,7)19(3,4)5/h8-11,13,15,17H,12,14H2,1-7H3/b15-13-. The molecule has 0 aliphatic heterocycles. The van der Waals surface area contributed by atoms with Crippen LogP contribution in [0.5, 0.6) is 0 Å². The molecule has 0 aromatic heterocycles. The van der Waals surface area contributed by atoms with Gasteiger partial charge < -0.3 is 4.43 Å². The summed E-state index contributed by atoms with van der Waals surface area (Å²) in [6.45, 7) is 15.1. The molecule has 1 atom stereocenters. The highest BCUT2D eigenvalue weighted by Crippen LogP contribution is 2.36. The molecule has 1 aromatic carbocycles. The van der Waals surface area contributed by atoms with Crippen molar-refractivity contribution in [1.29, 1.82) is 0 Å². The first kappa shape index (κ1) is 21.9. The molecular weight excluding hydrogens is 352 g/mol. The zero-order valence-electron chi connectivity index (χ0n) is 16.5. The van der Waals surface area contributed by atoms with E-state index in [0.717, 1.165) is 5.56 Å². The van der Waals surface area contributed by atoms with Crippen LogP contribution in [0.3, 0.4) is 0 Å². The minimum atomic E-state index is -3.68. The highest BCUT2D eigenvalue weighted by Gasteiger charge is 2.37. The largest absolute Gasteiger partial charge is 0.549 e. The van der Waals surface area contributed by atoms with Crippen molar-refractivity contribution >= 4 is 18.4 Å². The fourth-order valence-electron chi connectivity index (χ4n) is 1.73. The van der Waals surface area contributed by atoms with Crippen LogP contribution in [0.25, 0.3) is 0 Å². The Labute approximate surface area is 154 Å². The lowest BCUT2D eigenvalue weighted by molar-refractivity contribution is 0.297. The molecule has 0 heterocycles. The van der Waals surface area contributed by atoms with Gasteiger partial charge in [-0.15, -0.1) is 0 Å². The maximum Gasteiger partial charge on any atom is 0.296 e. The van der Waals surface area contributed by atoms with Gasteiger partial charge in [0, 0.05) is 0 Å².